The van der Waals surface area contributed by atoms with Crippen LogP contribution in [0.25, 0.3) is 11.0 Å². The third-order valence-corrected chi connectivity index (χ3v) is 4.16. The quantitative estimate of drug-likeness (QED) is 0.653. The fourth-order valence-electron chi connectivity index (χ4n) is 2.61. The van der Waals surface area contributed by atoms with Gasteiger partial charge >= 0.3 is 0 Å². The zero-order chi connectivity index (χ0) is 12.4. The van der Waals surface area contributed by atoms with E-state index in [0.717, 1.165) is 29.6 Å². The second-order valence-electron chi connectivity index (χ2n) is 4.90. The summed E-state index contributed by atoms with van der Waals surface area (Å²) in [6, 6.07) is 4.14. The van der Waals surface area contributed by atoms with E-state index in [-0.39, 0.29) is 5.38 Å². The van der Waals surface area contributed by atoms with Crippen LogP contribution < -0.4 is 5.32 Å². The van der Waals surface area contributed by atoms with Crippen LogP contribution in [0.2, 0.25) is 0 Å². The molecule has 2 atom stereocenters. The molecular weight excluding hydrogens is 248 g/mol. The number of anilines is 1. The van der Waals surface area contributed by atoms with Gasteiger partial charge in [0.1, 0.15) is 11.4 Å². The van der Waals surface area contributed by atoms with E-state index >= 15 is 0 Å². The van der Waals surface area contributed by atoms with Gasteiger partial charge in [-0.25, -0.2) is 4.98 Å². The molecule has 0 saturated heterocycles. The van der Waals surface area contributed by atoms with Crippen molar-refractivity contribution in [2.45, 2.75) is 43.5 Å². The van der Waals surface area contributed by atoms with Crippen molar-refractivity contribution in [3.8, 4) is 0 Å². The molecule has 96 valence electrons. The van der Waals surface area contributed by atoms with Crippen molar-refractivity contribution in [1.29, 1.82) is 0 Å². The highest BCUT2D eigenvalue weighted by Gasteiger charge is 2.22. The van der Waals surface area contributed by atoms with E-state index in [4.69, 9.17) is 16.0 Å². The van der Waals surface area contributed by atoms with Gasteiger partial charge in [-0.3, -0.25) is 0 Å². The normalized spacial score (nSPS) is 24.9. The number of hydrogen-bond donors (Lipinski definition) is 1. The van der Waals surface area contributed by atoms with Crippen molar-refractivity contribution in [2.24, 2.45) is 0 Å². The molecule has 2 heterocycles. The Labute approximate surface area is 112 Å². The number of rotatable bonds is 2. The van der Waals surface area contributed by atoms with Crippen molar-refractivity contribution in [3.05, 3.63) is 24.6 Å². The third-order valence-electron chi connectivity index (χ3n) is 3.63. The second-order valence-corrected chi connectivity index (χ2v) is 5.46. The average Bonchev–Trinajstić information content (AvgIpc) is 2.77. The minimum atomic E-state index is 0.191. The highest BCUT2D eigenvalue weighted by atomic mass is 35.5. The van der Waals surface area contributed by atoms with Crippen LogP contribution in [-0.4, -0.2) is 16.4 Å². The lowest BCUT2D eigenvalue weighted by atomic mass is 10.1. The molecule has 2 aromatic rings. The van der Waals surface area contributed by atoms with Crippen LogP contribution in [0.4, 0.5) is 5.82 Å². The second kappa shape index (κ2) is 5.19. The van der Waals surface area contributed by atoms with Crippen molar-refractivity contribution < 1.29 is 4.42 Å². The maximum atomic E-state index is 6.45. The summed E-state index contributed by atoms with van der Waals surface area (Å²) in [4.78, 5) is 4.41. The third kappa shape index (κ3) is 2.32. The van der Waals surface area contributed by atoms with Crippen LogP contribution in [0.1, 0.15) is 32.1 Å². The smallest absolute Gasteiger partial charge is 0.139 e. The SMILES string of the molecule is ClC1CCCCCC1Nc1nccc2occc12. The minimum absolute atomic E-state index is 0.191. The number of alkyl halides is 1. The molecule has 0 spiro atoms. The lowest BCUT2D eigenvalue weighted by Gasteiger charge is -2.21. The molecule has 0 amide bonds. The summed E-state index contributed by atoms with van der Waals surface area (Å²) < 4.78 is 5.39. The van der Waals surface area contributed by atoms with Gasteiger partial charge in [0.25, 0.3) is 0 Å². The number of aromatic nitrogens is 1. The van der Waals surface area contributed by atoms with E-state index < -0.39 is 0 Å². The first-order valence-electron chi connectivity index (χ1n) is 6.57. The van der Waals surface area contributed by atoms with E-state index in [0.29, 0.717) is 6.04 Å². The van der Waals surface area contributed by atoms with Gasteiger partial charge in [-0.05, 0) is 25.0 Å². The monoisotopic (exact) mass is 264 g/mol. The summed E-state index contributed by atoms with van der Waals surface area (Å²) in [6.07, 6.45) is 9.42. The van der Waals surface area contributed by atoms with Crippen LogP contribution in [0.3, 0.4) is 0 Å². The van der Waals surface area contributed by atoms with E-state index in [1.807, 2.05) is 12.1 Å². The van der Waals surface area contributed by atoms with Crippen LogP contribution in [0.5, 0.6) is 0 Å². The van der Waals surface area contributed by atoms with Crippen molar-refractivity contribution >= 4 is 28.4 Å². The van der Waals surface area contributed by atoms with Crippen molar-refractivity contribution in [3.63, 3.8) is 0 Å². The lowest BCUT2D eigenvalue weighted by molar-refractivity contribution is 0.614. The molecule has 1 aliphatic carbocycles. The van der Waals surface area contributed by atoms with Crippen molar-refractivity contribution in [1.82, 2.24) is 4.98 Å². The Morgan fingerprint density at radius 1 is 1.22 bits per heavy atom. The van der Waals surface area contributed by atoms with Crippen LogP contribution in [0, 0.1) is 0 Å². The summed E-state index contributed by atoms with van der Waals surface area (Å²) in [7, 11) is 0. The standard InChI is InChI=1S/C14H17ClN2O/c15-11-4-2-1-3-5-12(11)17-14-10-7-9-18-13(10)6-8-16-14/h6-9,11-12H,1-5H2,(H,16,17). The molecule has 0 aromatic carbocycles. The molecule has 1 fully saturated rings. The fraction of sp³-hybridized carbons (Fsp3) is 0.500. The Hall–Kier alpha value is -1.22. The van der Waals surface area contributed by atoms with E-state index in [9.17, 15) is 0 Å². The Balaban J connectivity index is 1.84. The molecule has 4 heteroatoms. The summed E-state index contributed by atoms with van der Waals surface area (Å²) >= 11 is 6.45. The summed E-state index contributed by atoms with van der Waals surface area (Å²) in [6.45, 7) is 0. The summed E-state index contributed by atoms with van der Waals surface area (Å²) in [5.41, 5.74) is 0.868. The van der Waals surface area contributed by atoms with E-state index in [2.05, 4.69) is 10.3 Å². The first kappa shape index (κ1) is 11.8. The number of nitrogens with zero attached hydrogens (tertiary/aromatic N) is 1. The van der Waals surface area contributed by atoms with Gasteiger partial charge in [0, 0.05) is 12.2 Å². The molecule has 3 nitrogen and oxygen atoms in total. The molecule has 1 N–H and O–H groups in total. The van der Waals surface area contributed by atoms with E-state index in [1.165, 1.54) is 19.3 Å². The van der Waals surface area contributed by atoms with Gasteiger partial charge in [-0.15, -0.1) is 11.6 Å². The van der Waals surface area contributed by atoms with Crippen LogP contribution >= 0.6 is 11.6 Å². The predicted molar refractivity (Wildman–Crippen MR) is 74.1 cm³/mol. The number of fused-ring (bicyclic) bond motifs is 1. The summed E-state index contributed by atoms with van der Waals surface area (Å²) in [5, 5.41) is 4.72. The largest absolute Gasteiger partial charge is 0.464 e. The van der Waals surface area contributed by atoms with Gasteiger partial charge in [-0.1, -0.05) is 19.3 Å². The number of pyridine rings is 1. The lowest BCUT2D eigenvalue weighted by Crippen LogP contribution is -2.29. The number of nitrogens with one attached hydrogen (secondary N) is 1. The molecule has 3 rings (SSSR count). The molecule has 0 bridgehead atoms. The first-order valence-corrected chi connectivity index (χ1v) is 7.01. The molecule has 18 heavy (non-hydrogen) atoms. The van der Waals surface area contributed by atoms with Gasteiger partial charge in [0.05, 0.1) is 17.0 Å². The van der Waals surface area contributed by atoms with E-state index in [1.54, 1.807) is 12.5 Å². The predicted octanol–water partition coefficient (Wildman–Crippen LogP) is 4.18. The molecule has 2 unspecified atom stereocenters. The molecule has 1 aliphatic rings. The number of halogens is 1. The average molecular weight is 265 g/mol. The Morgan fingerprint density at radius 2 is 2.11 bits per heavy atom. The topological polar surface area (TPSA) is 38.1 Å². The van der Waals surface area contributed by atoms with Gasteiger partial charge < -0.3 is 9.73 Å². The van der Waals surface area contributed by atoms with Gasteiger partial charge in [-0.2, -0.15) is 0 Å². The molecule has 0 radical (unpaired) electrons. The highest BCUT2D eigenvalue weighted by molar-refractivity contribution is 6.21. The Morgan fingerprint density at radius 3 is 3.06 bits per heavy atom. The van der Waals surface area contributed by atoms with Gasteiger partial charge in [0.2, 0.25) is 0 Å². The molecule has 1 saturated carbocycles. The maximum Gasteiger partial charge on any atom is 0.139 e. The molecule has 2 aromatic heterocycles. The van der Waals surface area contributed by atoms with Crippen LogP contribution in [-0.2, 0) is 0 Å². The van der Waals surface area contributed by atoms with Gasteiger partial charge in [0.15, 0.2) is 0 Å². The fourth-order valence-corrected chi connectivity index (χ4v) is 2.95. The Bertz CT molecular complexity index is 525. The minimum Gasteiger partial charge on any atom is -0.464 e. The molecule has 0 aliphatic heterocycles. The number of hydrogen-bond acceptors (Lipinski definition) is 3. The maximum absolute atomic E-state index is 6.45. The highest BCUT2D eigenvalue weighted by Crippen LogP contribution is 2.28. The molecular formula is C14H17ClN2O. The summed E-state index contributed by atoms with van der Waals surface area (Å²) in [5.74, 6) is 0.888. The first-order chi connectivity index (χ1) is 8.84. The number of furan rings is 1. The zero-order valence-electron chi connectivity index (χ0n) is 10.2. The van der Waals surface area contributed by atoms with Crippen LogP contribution in [0.15, 0.2) is 29.0 Å². The van der Waals surface area contributed by atoms with Crippen molar-refractivity contribution in [2.75, 3.05) is 5.32 Å². The zero-order valence-corrected chi connectivity index (χ0v) is 11.0. The Kier molecular flexibility index (Phi) is 3.41.